The van der Waals surface area contributed by atoms with Gasteiger partial charge in [0, 0.05) is 6.20 Å². The topological polar surface area (TPSA) is 41.1 Å². The number of hydrogen-bond acceptors (Lipinski definition) is 3. The van der Waals surface area contributed by atoms with E-state index in [0.717, 1.165) is 27.5 Å². The Labute approximate surface area is 119 Å². The molecule has 3 rings (SSSR count). The second-order valence-corrected chi connectivity index (χ2v) is 5.64. The second kappa shape index (κ2) is 4.69. The van der Waals surface area contributed by atoms with Crippen LogP contribution in [-0.4, -0.2) is 9.38 Å². The zero-order valence-corrected chi connectivity index (χ0v) is 11.8. The van der Waals surface area contributed by atoms with Gasteiger partial charge in [-0.05, 0) is 30.0 Å². The van der Waals surface area contributed by atoms with Gasteiger partial charge >= 0.3 is 0 Å². The molecule has 0 radical (unpaired) electrons. The fraction of sp³-hybridized carbons (Fsp3) is 0.143. The van der Waals surface area contributed by atoms with E-state index in [-0.39, 0.29) is 0 Å². The lowest BCUT2D eigenvalue weighted by molar-refractivity contribution is 1.05. The first-order valence-electron chi connectivity index (χ1n) is 5.78. The lowest BCUT2D eigenvalue weighted by Gasteiger charge is -2.02. The first-order valence-corrected chi connectivity index (χ1v) is 7.04. The smallest absolute Gasteiger partial charge is 0.140 e. The van der Waals surface area contributed by atoms with Crippen LogP contribution in [-0.2, 0) is 6.42 Å². The Bertz CT molecular complexity index is 781. The van der Waals surface area contributed by atoms with Gasteiger partial charge in [0.05, 0.1) is 28.1 Å². The van der Waals surface area contributed by atoms with Gasteiger partial charge in [-0.2, -0.15) is 5.26 Å². The molecule has 0 bridgehead atoms. The Balaban J connectivity index is 2.37. The summed E-state index contributed by atoms with van der Waals surface area (Å²) >= 11 is 7.72. The van der Waals surface area contributed by atoms with Crippen LogP contribution in [0.1, 0.15) is 11.3 Å². The molecule has 0 aliphatic heterocycles. The molecule has 3 aromatic heterocycles. The summed E-state index contributed by atoms with van der Waals surface area (Å²) in [6.07, 6.45) is 2.13. The van der Waals surface area contributed by atoms with E-state index in [1.54, 1.807) is 11.3 Å². The van der Waals surface area contributed by atoms with Crippen LogP contribution in [0.15, 0.2) is 29.8 Å². The molecule has 0 aliphatic rings. The Morgan fingerprint density at radius 1 is 1.53 bits per heavy atom. The number of imidazole rings is 1. The zero-order valence-electron chi connectivity index (χ0n) is 10.2. The number of nitriles is 1. The van der Waals surface area contributed by atoms with Crippen LogP contribution in [0.4, 0.5) is 0 Å². The average molecular weight is 288 g/mol. The fourth-order valence-corrected chi connectivity index (χ4v) is 3.17. The van der Waals surface area contributed by atoms with Gasteiger partial charge in [-0.25, -0.2) is 4.98 Å². The first-order chi connectivity index (χ1) is 9.20. The number of rotatable bonds is 2. The second-order valence-electron chi connectivity index (χ2n) is 4.25. The third-order valence-electron chi connectivity index (χ3n) is 2.97. The number of aryl methyl sites for hydroxylation is 1. The highest BCUT2D eigenvalue weighted by Gasteiger charge is 2.16. The molecule has 0 fully saturated rings. The van der Waals surface area contributed by atoms with Crippen molar-refractivity contribution in [3.05, 3.63) is 46.1 Å². The number of pyridine rings is 1. The van der Waals surface area contributed by atoms with E-state index in [4.69, 9.17) is 16.9 Å². The standard InChI is InChI=1S/C14H10ClN3S/c1-9-7-10(15)8-18-11(4-5-16)13(17-14(9)18)12-3-2-6-19-12/h2-3,6-8H,4H2,1H3. The highest BCUT2D eigenvalue weighted by Crippen LogP contribution is 2.30. The molecule has 3 heterocycles. The molecule has 0 spiro atoms. The van der Waals surface area contributed by atoms with E-state index in [1.807, 2.05) is 41.1 Å². The molecule has 5 heteroatoms. The van der Waals surface area contributed by atoms with Crippen LogP contribution < -0.4 is 0 Å². The molecular weight excluding hydrogens is 278 g/mol. The van der Waals surface area contributed by atoms with Crippen molar-refractivity contribution >= 4 is 28.6 Å². The van der Waals surface area contributed by atoms with Crippen molar-refractivity contribution in [3.63, 3.8) is 0 Å². The van der Waals surface area contributed by atoms with Gasteiger partial charge in [0.25, 0.3) is 0 Å². The molecule has 0 atom stereocenters. The normalized spacial score (nSPS) is 10.8. The van der Waals surface area contributed by atoms with Crippen LogP contribution in [0.25, 0.3) is 16.2 Å². The van der Waals surface area contributed by atoms with Crippen molar-refractivity contribution in [2.24, 2.45) is 0 Å². The van der Waals surface area contributed by atoms with E-state index in [9.17, 15) is 0 Å². The molecule has 0 N–H and O–H groups in total. The average Bonchev–Trinajstić information content (AvgIpc) is 2.98. The van der Waals surface area contributed by atoms with Crippen LogP contribution in [0, 0.1) is 18.3 Å². The van der Waals surface area contributed by atoms with Gasteiger partial charge in [0.2, 0.25) is 0 Å². The van der Waals surface area contributed by atoms with Crippen LogP contribution >= 0.6 is 22.9 Å². The summed E-state index contributed by atoms with van der Waals surface area (Å²) in [4.78, 5) is 5.75. The Hall–Kier alpha value is -1.83. The van der Waals surface area contributed by atoms with E-state index in [2.05, 4.69) is 11.1 Å². The number of aromatic nitrogens is 2. The lowest BCUT2D eigenvalue weighted by Crippen LogP contribution is -1.94. The quantitative estimate of drug-likeness (QED) is 0.712. The molecule has 0 unspecified atom stereocenters. The third kappa shape index (κ3) is 2.01. The molecule has 0 amide bonds. The summed E-state index contributed by atoms with van der Waals surface area (Å²) in [7, 11) is 0. The maximum absolute atomic E-state index is 9.04. The first kappa shape index (κ1) is 12.2. The molecule has 3 aromatic rings. The number of thiophene rings is 1. The maximum atomic E-state index is 9.04. The van der Waals surface area contributed by atoms with Crippen LogP contribution in [0.5, 0.6) is 0 Å². The van der Waals surface area contributed by atoms with Crippen molar-refractivity contribution in [2.45, 2.75) is 13.3 Å². The van der Waals surface area contributed by atoms with Crippen LogP contribution in [0.3, 0.4) is 0 Å². The molecule has 0 saturated carbocycles. The van der Waals surface area contributed by atoms with Crippen molar-refractivity contribution in [2.75, 3.05) is 0 Å². The number of fused-ring (bicyclic) bond motifs is 1. The van der Waals surface area contributed by atoms with Gasteiger partial charge in [-0.1, -0.05) is 17.7 Å². The van der Waals surface area contributed by atoms with E-state index in [1.165, 1.54) is 0 Å². The van der Waals surface area contributed by atoms with E-state index in [0.29, 0.717) is 11.4 Å². The minimum absolute atomic E-state index is 0.314. The Kier molecular flexibility index (Phi) is 3.02. The minimum atomic E-state index is 0.314. The predicted molar refractivity (Wildman–Crippen MR) is 77.6 cm³/mol. The summed E-state index contributed by atoms with van der Waals surface area (Å²) in [6, 6.07) is 8.10. The summed E-state index contributed by atoms with van der Waals surface area (Å²) in [5, 5.41) is 11.7. The number of hydrogen-bond donors (Lipinski definition) is 0. The van der Waals surface area contributed by atoms with Crippen molar-refractivity contribution in [3.8, 4) is 16.6 Å². The molecule has 19 heavy (non-hydrogen) atoms. The highest BCUT2D eigenvalue weighted by atomic mass is 35.5. The molecule has 94 valence electrons. The molecule has 0 aliphatic carbocycles. The van der Waals surface area contributed by atoms with Gasteiger partial charge in [-0.15, -0.1) is 11.3 Å². The van der Waals surface area contributed by atoms with Crippen molar-refractivity contribution in [1.29, 1.82) is 5.26 Å². The minimum Gasteiger partial charge on any atom is -0.301 e. The molecule has 0 aromatic carbocycles. The fourth-order valence-electron chi connectivity index (χ4n) is 2.17. The SMILES string of the molecule is Cc1cc(Cl)cn2c(CC#N)c(-c3cccs3)nc12. The summed E-state index contributed by atoms with van der Waals surface area (Å²) in [5.74, 6) is 0. The van der Waals surface area contributed by atoms with Gasteiger partial charge in [0.15, 0.2) is 0 Å². The zero-order chi connectivity index (χ0) is 13.4. The lowest BCUT2D eigenvalue weighted by atomic mass is 10.2. The summed E-state index contributed by atoms with van der Waals surface area (Å²) in [5.41, 5.74) is 3.64. The van der Waals surface area contributed by atoms with E-state index >= 15 is 0 Å². The molecule has 3 nitrogen and oxygen atoms in total. The van der Waals surface area contributed by atoms with Crippen molar-refractivity contribution in [1.82, 2.24) is 9.38 Å². The largest absolute Gasteiger partial charge is 0.301 e. The Morgan fingerprint density at radius 2 is 2.37 bits per heavy atom. The Morgan fingerprint density at radius 3 is 3.05 bits per heavy atom. The monoisotopic (exact) mass is 287 g/mol. The predicted octanol–water partition coefficient (Wildman–Crippen LogP) is 4.09. The number of nitrogens with zero attached hydrogens (tertiary/aromatic N) is 3. The molecular formula is C14H10ClN3S. The van der Waals surface area contributed by atoms with Gasteiger partial charge < -0.3 is 4.40 Å². The summed E-state index contributed by atoms with van der Waals surface area (Å²) < 4.78 is 1.93. The third-order valence-corrected chi connectivity index (χ3v) is 4.05. The van der Waals surface area contributed by atoms with Gasteiger partial charge in [0.1, 0.15) is 11.3 Å². The van der Waals surface area contributed by atoms with E-state index < -0.39 is 0 Å². The maximum Gasteiger partial charge on any atom is 0.140 e. The molecule has 0 saturated heterocycles. The van der Waals surface area contributed by atoms with Crippen molar-refractivity contribution < 1.29 is 0 Å². The number of halogens is 1. The van der Waals surface area contributed by atoms with Gasteiger partial charge in [-0.3, -0.25) is 0 Å². The van der Waals surface area contributed by atoms with Crippen LogP contribution in [0.2, 0.25) is 5.02 Å². The summed E-state index contributed by atoms with van der Waals surface area (Å²) in [6.45, 7) is 1.97. The highest BCUT2D eigenvalue weighted by molar-refractivity contribution is 7.13.